The molecule has 1 aliphatic heterocycles. The van der Waals surface area contributed by atoms with Crippen LogP contribution in [0.3, 0.4) is 0 Å². The van der Waals surface area contributed by atoms with Crippen molar-refractivity contribution in [3.05, 3.63) is 29.8 Å². The lowest BCUT2D eigenvalue weighted by Gasteiger charge is -2.03. The molecule has 2 aromatic rings. The molecular weight excluding hydrogens is 200 g/mol. The molecule has 0 amide bonds. The number of hydrogen-bond donors (Lipinski definition) is 1. The molecule has 0 radical (unpaired) electrons. The van der Waals surface area contributed by atoms with Crippen molar-refractivity contribution >= 4 is 5.78 Å². The quantitative estimate of drug-likeness (QED) is 0.820. The van der Waals surface area contributed by atoms with Crippen molar-refractivity contribution in [2.45, 2.75) is 19.8 Å². The second-order valence-electron chi connectivity index (χ2n) is 4.63. The Morgan fingerprint density at radius 3 is 3.25 bits per heavy atom. The average molecular weight is 216 g/mol. The van der Waals surface area contributed by atoms with Crippen molar-refractivity contribution in [2.75, 3.05) is 13.1 Å². The summed E-state index contributed by atoms with van der Waals surface area (Å²) in [6.45, 7) is 4.32. The van der Waals surface area contributed by atoms with Crippen LogP contribution >= 0.6 is 0 Å². The minimum atomic E-state index is 0.742. The third kappa shape index (κ3) is 1.80. The second kappa shape index (κ2) is 3.87. The zero-order chi connectivity index (χ0) is 11.0. The normalized spacial score (nSPS) is 20.7. The Morgan fingerprint density at radius 2 is 2.44 bits per heavy atom. The SMILES string of the molecule is Cc1cnc2nc(CC3CCNC3)cn2c1. The average Bonchev–Trinajstić information content (AvgIpc) is 2.86. The molecule has 4 heteroatoms. The van der Waals surface area contributed by atoms with Gasteiger partial charge in [-0.3, -0.25) is 4.40 Å². The first kappa shape index (κ1) is 9.78. The Hall–Kier alpha value is -1.42. The maximum atomic E-state index is 4.54. The van der Waals surface area contributed by atoms with Gasteiger partial charge in [0.25, 0.3) is 0 Å². The van der Waals surface area contributed by atoms with Crippen LogP contribution in [0.4, 0.5) is 0 Å². The molecule has 1 unspecified atom stereocenters. The molecular formula is C12H16N4. The summed E-state index contributed by atoms with van der Waals surface area (Å²) in [6, 6.07) is 0. The Bertz CT molecular complexity index is 497. The molecule has 3 rings (SSSR count). The highest BCUT2D eigenvalue weighted by atomic mass is 15.1. The van der Waals surface area contributed by atoms with Gasteiger partial charge in [-0.25, -0.2) is 9.97 Å². The van der Waals surface area contributed by atoms with Gasteiger partial charge < -0.3 is 5.32 Å². The van der Waals surface area contributed by atoms with Crippen molar-refractivity contribution in [1.82, 2.24) is 19.7 Å². The van der Waals surface area contributed by atoms with E-state index in [2.05, 4.69) is 27.7 Å². The number of nitrogens with zero attached hydrogens (tertiary/aromatic N) is 3. The Morgan fingerprint density at radius 1 is 1.50 bits per heavy atom. The molecule has 3 heterocycles. The minimum Gasteiger partial charge on any atom is -0.316 e. The first-order valence-electron chi connectivity index (χ1n) is 5.82. The smallest absolute Gasteiger partial charge is 0.233 e. The molecule has 0 aliphatic carbocycles. The first-order valence-corrected chi connectivity index (χ1v) is 5.82. The summed E-state index contributed by atoms with van der Waals surface area (Å²) in [5.41, 5.74) is 2.32. The maximum absolute atomic E-state index is 4.54. The van der Waals surface area contributed by atoms with Gasteiger partial charge in [0.1, 0.15) is 0 Å². The molecule has 1 aliphatic rings. The number of rotatable bonds is 2. The Labute approximate surface area is 94.7 Å². The fourth-order valence-corrected chi connectivity index (χ4v) is 2.32. The van der Waals surface area contributed by atoms with E-state index < -0.39 is 0 Å². The standard InChI is InChI=1S/C12H16N4/c1-9-5-14-12-15-11(8-16(12)7-9)4-10-2-3-13-6-10/h5,7-8,10,13H,2-4,6H2,1H3. The predicted octanol–water partition coefficient (Wildman–Crippen LogP) is 1.19. The second-order valence-corrected chi connectivity index (χ2v) is 4.63. The van der Waals surface area contributed by atoms with Crippen LogP contribution in [0, 0.1) is 12.8 Å². The van der Waals surface area contributed by atoms with E-state index in [4.69, 9.17) is 0 Å². The highest BCUT2D eigenvalue weighted by molar-refractivity contribution is 5.31. The number of imidazole rings is 1. The van der Waals surface area contributed by atoms with Crippen molar-refractivity contribution in [1.29, 1.82) is 0 Å². The third-order valence-corrected chi connectivity index (χ3v) is 3.15. The number of aryl methyl sites for hydroxylation is 1. The van der Waals surface area contributed by atoms with Gasteiger partial charge in [0.05, 0.1) is 5.69 Å². The van der Waals surface area contributed by atoms with E-state index in [-0.39, 0.29) is 0 Å². The van der Waals surface area contributed by atoms with Gasteiger partial charge in [-0.1, -0.05) is 0 Å². The van der Waals surface area contributed by atoms with E-state index in [0.29, 0.717) is 0 Å². The van der Waals surface area contributed by atoms with E-state index in [9.17, 15) is 0 Å². The van der Waals surface area contributed by atoms with Crippen molar-refractivity contribution in [3.8, 4) is 0 Å². The van der Waals surface area contributed by atoms with Gasteiger partial charge in [-0.05, 0) is 44.3 Å². The monoisotopic (exact) mass is 216 g/mol. The summed E-state index contributed by atoms with van der Waals surface area (Å²) in [6.07, 6.45) is 8.37. The highest BCUT2D eigenvalue weighted by Crippen LogP contribution is 2.14. The van der Waals surface area contributed by atoms with Crippen LogP contribution in [0.25, 0.3) is 5.78 Å². The lowest BCUT2D eigenvalue weighted by atomic mass is 10.0. The van der Waals surface area contributed by atoms with Gasteiger partial charge in [-0.2, -0.15) is 0 Å². The summed E-state index contributed by atoms with van der Waals surface area (Å²) in [5, 5.41) is 3.39. The molecule has 2 aromatic heterocycles. The fraction of sp³-hybridized carbons (Fsp3) is 0.500. The Balaban J connectivity index is 1.86. The lowest BCUT2D eigenvalue weighted by Crippen LogP contribution is -2.10. The van der Waals surface area contributed by atoms with Crippen LogP contribution < -0.4 is 5.32 Å². The molecule has 0 aromatic carbocycles. The molecule has 0 saturated carbocycles. The van der Waals surface area contributed by atoms with E-state index >= 15 is 0 Å². The van der Waals surface area contributed by atoms with Crippen LogP contribution in [0.15, 0.2) is 18.6 Å². The molecule has 1 saturated heterocycles. The number of hydrogen-bond acceptors (Lipinski definition) is 3. The summed E-state index contributed by atoms with van der Waals surface area (Å²) in [7, 11) is 0. The minimum absolute atomic E-state index is 0.742. The van der Waals surface area contributed by atoms with E-state index in [1.54, 1.807) is 0 Å². The van der Waals surface area contributed by atoms with Gasteiger partial charge in [0.15, 0.2) is 0 Å². The van der Waals surface area contributed by atoms with Gasteiger partial charge in [-0.15, -0.1) is 0 Å². The third-order valence-electron chi connectivity index (χ3n) is 3.15. The molecule has 84 valence electrons. The van der Waals surface area contributed by atoms with Gasteiger partial charge in [0, 0.05) is 18.6 Å². The largest absolute Gasteiger partial charge is 0.316 e. The lowest BCUT2D eigenvalue weighted by molar-refractivity contribution is 0.573. The summed E-state index contributed by atoms with van der Waals surface area (Å²) in [4.78, 5) is 8.85. The van der Waals surface area contributed by atoms with Gasteiger partial charge >= 0.3 is 0 Å². The summed E-state index contributed by atoms with van der Waals surface area (Å²) in [5.74, 6) is 1.55. The van der Waals surface area contributed by atoms with Crippen LogP contribution in [0.1, 0.15) is 17.7 Å². The van der Waals surface area contributed by atoms with Crippen molar-refractivity contribution in [2.24, 2.45) is 5.92 Å². The molecule has 16 heavy (non-hydrogen) atoms. The first-order chi connectivity index (χ1) is 7.81. The van der Waals surface area contributed by atoms with E-state index in [1.807, 2.05) is 17.5 Å². The van der Waals surface area contributed by atoms with Crippen LogP contribution in [-0.4, -0.2) is 27.5 Å². The maximum Gasteiger partial charge on any atom is 0.233 e. The predicted molar refractivity (Wildman–Crippen MR) is 62.4 cm³/mol. The zero-order valence-electron chi connectivity index (χ0n) is 9.48. The van der Waals surface area contributed by atoms with E-state index in [0.717, 1.165) is 36.9 Å². The molecule has 0 bridgehead atoms. The molecule has 1 atom stereocenters. The van der Waals surface area contributed by atoms with Crippen LogP contribution in [-0.2, 0) is 6.42 Å². The summed E-state index contributed by atoms with van der Waals surface area (Å²) >= 11 is 0. The highest BCUT2D eigenvalue weighted by Gasteiger charge is 2.16. The number of fused-ring (bicyclic) bond motifs is 1. The van der Waals surface area contributed by atoms with Crippen molar-refractivity contribution in [3.63, 3.8) is 0 Å². The van der Waals surface area contributed by atoms with Gasteiger partial charge in [0.2, 0.25) is 5.78 Å². The number of nitrogens with one attached hydrogen (secondary N) is 1. The summed E-state index contributed by atoms with van der Waals surface area (Å²) < 4.78 is 2.02. The van der Waals surface area contributed by atoms with E-state index in [1.165, 1.54) is 12.0 Å². The molecule has 1 N–H and O–H groups in total. The number of aromatic nitrogens is 3. The van der Waals surface area contributed by atoms with Crippen LogP contribution in [0.5, 0.6) is 0 Å². The van der Waals surface area contributed by atoms with Crippen LogP contribution in [0.2, 0.25) is 0 Å². The molecule has 0 spiro atoms. The zero-order valence-corrected chi connectivity index (χ0v) is 9.48. The topological polar surface area (TPSA) is 42.2 Å². The molecule has 1 fully saturated rings. The Kier molecular flexibility index (Phi) is 2.36. The molecule has 4 nitrogen and oxygen atoms in total. The van der Waals surface area contributed by atoms with Crippen molar-refractivity contribution < 1.29 is 0 Å². The fourth-order valence-electron chi connectivity index (χ4n) is 2.32.